The van der Waals surface area contributed by atoms with Crippen LogP contribution in [0.3, 0.4) is 0 Å². The second kappa shape index (κ2) is 6.87. The number of halogens is 2. The molecule has 17 heavy (non-hydrogen) atoms. The minimum absolute atomic E-state index is 0. The zero-order chi connectivity index (χ0) is 12.3. The van der Waals surface area contributed by atoms with Crippen molar-refractivity contribution < 1.29 is 4.79 Å². The van der Waals surface area contributed by atoms with Gasteiger partial charge in [-0.05, 0) is 30.5 Å². The Morgan fingerprint density at radius 1 is 1.47 bits per heavy atom. The first-order valence-electron chi connectivity index (χ1n) is 5.25. The Bertz CT molecular complexity index is 408. The topological polar surface area (TPSA) is 55.1 Å². The van der Waals surface area contributed by atoms with Crippen molar-refractivity contribution in [3.8, 4) is 0 Å². The molecular weight excluding hydrogens is 304 g/mol. The van der Waals surface area contributed by atoms with E-state index >= 15 is 0 Å². The normalized spacial score (nSPS) is 9.94. The molecule has 0 spiro atoms. The van der Waals surface area contributed by atoms with Crippen molar-refractivity contribution in [1.82, 2.24) is 0 Å². The SMILES string of the molecule is Cc1cc(Br)cc(NC(=O)CC(C)C)c1N.Cl. The highest BCUT2D eigenvalue weighted by atomic mass is 79.9. The third-order valence-electron chi connectivity index (χ3n) is 2.22. The van der Waals surface area contributed by atoms with Gasteiger partial charge in [0.1, 0.15) is 0 Å². The minimum Gasteiger partial charge on any atom is -0.397 e. The molecule has 0 saturated carbocycles. The van der Waals surface area contributed by atoms with Gasteiger partial charge in [-0.3, -0.25) is 4.79 Å². The fraction of sp³-hybridized carbons (Fsp3) is 0.417. The number of carbonyl (C=O) groups is 1. The molecule has 0 aromatic heterocycles. The molecule has 0 aliphatic heterocycles. The van der Waals surface area contributed by atoms with Crippen molar-refractivity contribution in [3.05, 3.63) is 22.2 Å². The van der Waals surface area contributed by atoms with E-state index in [4.69, 9.17) is 5.73 Å². The molecule has 5 heteroatoms. The van der Waals surface area contributed by atoms with Crippen LogP contribution in [0.2, 0.25) is 0 Å². The van der Waals surface area contributed by atoms with Gasteiger partial charge in [-0.25, -0.2) is 0 Å². The van der Waals surface area contributed by atoms with E-state index in [2.05, 4.69) is 21.2 Å². The van der Waals surface area contributed by atoms with Gasteiger partial charge < -0.3 is 11.1 Å². The van der Waals surface area contributed by atoms with Crippen LogP contribution in [-0.2, 0) is 4.79 Å². The van der Waals surface area contributed by atoms with Gasteiger partial charge in [-0.2, -0.15) is 0 Å². The van der Waals surface area contributed by atoms with E-state index in [-0.39, 0.29) is 18.3 Å². The monoisotopic (exact) mass is 320 g/mol. The molecule has 0 heterocycles. The molecule has 1 rings (SSSR count). The van der Waals surface area contributed by atoms with Crippen molar-refractivity contribution in [2.75, 3.05) is 11.1 Å². The zero-order valence-electron chi connectivity index (χ0n) is 10.2. The summed E-state index contributed by atoms with van der Waals surface area (Å²) in [5.74, 6) is 0.341. The van der Waals surface area contributed by atoms with Crippen molar-refractivity contribution >= 4 is 45.6 Å². The average molecular weight is 322 g/mol. The standard InChI is InChI=1S/C12H17BrN2O.ClH/c1-7(2)4-11(16)15-10-6-9(13)5-8(3)12(10)14;/h5-7H,4,14H2,1-3H3,(H,15,16);1H. The van der Waals surface area contributed by atoms with E-state index in [0.717, 1.165) is 10.0 Å². The van der Waals surface area contributed by atoms with Crippen LogP contribution in [-0.4, -0.2) is 5.91 Å². The highest BCUT2D eigenvalue weighted by Gasteiger charge is 2.09. The first kappa shape index (κ1) is 16.3. The minimum atomic E-state index is -0.000741. The lowest BCUT2D eigenvalue weighted by Gasteiger charge is -2.12. The highest BCUT2D eigenvalue weighted by Crippen LogP contribution is 2.27. The molecule has 3 nitrogen and oxygen atoms in total. The summed E-state index contributed by atoms with van der Waals surface area (Å²) in [5.41, 5.74) is 8.15. The number of hydrogen-bond donors (Lipinski definition) is 2. The fourth-order valence-electron chi connectivity index (χ4n) is 1.43. The Morgan fingerprint density at radius 3 is 2.59 bits per heavy atom. The Balaban J connectivity index is 0.00000256. The van der Waals surface area contributed by atoms with Gasteiger partial charge in [-0.15, -0.1) is 12.4 Å². The Kier molecular flexibility index (Phi) is 6.57. The zero-order valence-corrected chi connectivity index (χ0v) is 12.6. The summed E-state index contributed by atoms with van der Waals surface area (Å²) in [6.45, 7) is 5.93. The van der Waals surface area contributed by atoms with Gasteiger partial charge in [0.15, 0.2) is 0 Å². The Hall–Kier alpha value is -0.740. The highest BCUT2D eigenvalue weighted by molar-refractivity contribution is 9.10. The van der Waals surface area contributed by atoms with Crippen molar-refractivity contribution in [3.63, 3.8) is 0 Å². The number of nitrogen functional groups attached to an aromatic ring is 1. The molecule has 0 aliphatic rings. The molecule has 0 unspecified atom stereocenters. The van der Waals surface area contributed by atoms with E-state index in [1.807, 2.05) is 32.9 Å². The number of anilines is 2. The summed E-state index contributed by atoms with van der Waals surface area (Å²) < 4.78 is 0.916. The number of aryl methyl sites for hydroxylation is 1. The number of nitrogens with one attached hydrogen (secondary N) is 1. The fourth-order valence-corrected chi connectivity index (χ4v) is 2.00. The van der Waals surface area contributed by atoms with Crippen LogP contribution in [0.5, 0.6) is 0 Å². The van der Waals surface area contributed by atoms with Crippen molar-refractivity contribution in [2.24, 2.45) is 5.92 Å². The lowest BCUT2D eigenvalue weighted by atomic mass is 10.1. The molecular formula is C12H18BrClN2O. The summed E-state index contributed by atoms with van der Waals surface area (Å²) in [5, 5.41) is 2.83. The smallest absolute Gasteiger partial charge is 0.224 e. The van der Waals surface area contributed by atoms with Crippen molar-refractivity contribution in [1.29, 1.82) is 0 Å². The predicted molar refractivity (Wildman–Crippen MR) is 78.6 cm³/mol. The Labute approximate surface area is 117 Å². The summed E-state index contributed by atoms with van der Waals surface area (Å²) in [4.78, 5) is 11.6. The first-order valence-corrected chi connectivity index (χ1v) is 6.05. The van der Waals surface area contributed by atoms with Crippen LogP contribution in [0, 0.1) is 12.8 Å². The maximum absolute atomic E-state index is 11.6. The van der Waals surface area contributed by atoms with Crippen LogP contribution >= 0.6 is 28.3 Å². The maximum Gasteiger partial charge on any atom is 0.224 e. The number of rotatable bonds is 3. The number of amides is 1. The van der Waals surface area contributed by atoms with E-state index in [1.54, 1.807) is 0 Å². The molecule has 0 saturated heterocycles. The first-order chi connectivity index (χ1) is 7.40. The third-order valence-corrected chi connectivity index (χ3v) is 2.68. The van der Waals surface area contributed by atoms with Gasteiger partial charge in [0.25, 0.3) is 0 Å². The third kappa shape index (κ3) is 4.96. The molecule has 1 aromatic rings. The predicted octanol–water partition coefficient (Wildman–Crippen LogP) is 3.75. The largest absolute Gasteiger partial charge is 0.397 e. The maximum atomic E-state index is 11.6. The van der Waals surface area contributed by atoms with Crippen LogP contribution in [0.15, 0.2) is 16.6 Å². The number of nitrogens with two attached hydrogens (primary N) is 1. The second-order valence-electron chi connectivity index (χ2n) is 4.33. The lowest BCUT2D eigenvalue weighted by Crippen LogP contribution is -2.15. The summed E-state index contributed by atoms with van der Waals surface area (Å²) in [6, 6.07) is 3.74. The molecule has 1 amide bonds. The molecule has 0 atom stereocenters. The van der Waals surface area contributed by atoms with Gasteiger partial charge in [-0.1, -0.05) is 29.8 Å². The van der Waals surface area contributed by atoms with Gasteiger partial charge in [0, 0.05) is 10.9 Å². The molecule has 0 fully saturated rings. The molecule has 1 aromatic carbocycles. The number of hydrogen-bond acceptors (Lipinski definition) is 2. The number of carbonyl (C=O) groups excluding carboxylic acids is 1. The summed E-state index contributed by atoms with van der Waals surface area (Å²) >= 11 is 3.38. The molecule has 3 N–H and O–H groups in total. The van der Waals surface area contributed by atoms with Gasteiger partial charge >= 0.3 is 0 Å². The van der Waals surface area contributed by atoms with E-state index in [0.29, 0.717) is 23.7 Å². The molecule has 0 bridgehead atoms. The number of benzene rings is 1. The Morgan fingerprint density at radius 2 is 2.06 bits per heavy atom. The van der Waals surface area contributed by atoms with Crippen LogP contribution in [0.4, 0.5) is 11.4 Å². The van der Waals surface area contributed by atoms with E-state index < -0.39 is 0 Å². The summed E-state index contributed by atoms with van der Waals surface area (Å²) in [6.07, 6.45) is 0.505. The van der Waals surface area contributed by atoms with Crippen LogP contribution in [0.25, 0.3) is 0 Å². The average Bonchev–Trinajstić information content (AvgIpc) is 2.11. The molecule has 0 radical (unpaired) electrons. The van der Waals surface area contributed by atoms with E-state index in [1.165, 1.54) is 0 Å². The van der Waals surface area contributed by atoms with Gasteiger partial charge in [0.05, 0.1) is 11.4 Å². The quantitative estimate of drug-likeness (QED) is 0.833. The van der Waals surface area contributed by atoms with Crippen LogP contribution in [0.1, 0.15) is 25.8 Å². The van der Waals surface area contributed by atoms with Gasteiger partial charge in [0.2, 0.25) is 5.91 Å². The summed E-state index contributed by atoms with van der Waals surface area (Å²) in [7, 11) is 0. The van der Waals surface area contributed by atoms with Crippen molar-refractivity contribution in [2.45, 2.75) is 27.2 Å². The van der Waals surface area contributed by atoms with E-state index in [9.17, 15) is 4.79 Å². The lowest BCUT2D eigenvalue weighted by molar-refractivity contribution is -0.116. The second-order valence-corrected chi connectivity index (χ2v) is 5.25. The molecule has 96 valence electrons. The molecule has 0 aliphatic carbocycles. The van der Waals surface area contributed by atoms with Crippen LogP contribution < -0.4 is 11.1 Å².